The van der Waals surface area contributed by atoms with Crippen molar-refractivity contribution in [1.82, 2.24) is 14.7 Å². The molecule has 1 aliphatic rings. The van der Waals surface area contributed by atoms with E-state index >= 15 is 0 Å². The molecule has 170 valence electrons. The van der Waals surface area contributed by atoms with Crippen LogP contribution in [0.2, 0.25) is 0 Å². The van der Waals surface area contributed by atoms with Crippen molar-refractivity contribution >= 4 is 5.91 Å². The number of carbonyl (C=O) groups is 1. The third-order valence-electron chi connectivity index (χ3n) is 6.03. The van der Waals surface area contributed by atoms with Crippen molar-refractivity contribution in [1.29, 1.82) is 0 Å². The minimum atomic E-state index is -5.03. The van der Waals surface area contributed by atoms with Crippen molar-refractivity contribution in [2.75, 3.05) is 13.1 Å². The fraction of sp³-hybridized carbons (Fsp3) is 0.545. The Hall–Kier alpha value is -2.39. The number of piperidine rings is 1. The molecule has 9 heteroatoms. The van der Waals surface area contributed by atoms with Crippen molar-refractivity contribution < 1.29 is 28.2 Å². The van der Waals surface area contributed by atoms with E-state index in [9.17, 15) is 28.2 Å². The van der Waals surface area contributed by atoms with Crippen molar-refractivity contribution in [2.45, 2.75) is 57.4 Å². The zero-order valence-corrected chi connectivity index (χ0v) is 18.0. The van der Waals surface area contributed by atoms with E-state index in [0.717, 1.165) is 21.8 Å². The third-order valence-corrected chi connectivity index (χ3v) is 6.03. The van der Waals surface area contributed by atoms with Gasteiger partial charge in [-0.2, -0.15) is 18.3 Å². The highest BCUT2D eigenvalue weighted by Gasteiger charge is 2.57. The molecule has 0 spiro atoms. The van der Waals surface area contributed by atoms with E-state index in [-0.39, 0.29) is 24.9 Å². The number of aliphatic hydroxyl groups is 2. The highest BCUT2D eigenvalue weighted by molar-refractivity contribution is 5.85. The molecule has 1 aliphatic heterocycles. The molecule has 31 heavy (non-hydrogen) atoms. The maximum Gasteiger partial charge on any atom is 0.426 e. The van der Waals surface area contributed by atoms with E-state index in [1.165, 1.54) is 0 Å². The highest BCUT2D eigenvalue weighted by atomic mass is 19.4. The van der Waals surface area contributed by atoms with Crippen molar-refractivity contribution in [3.63, 3.8) is 0 Å². The van der Waals surface area contributed by atoms with Gasteiger partial charge >= 0.3 is 6.18 Å². The normalized spacial score (nSPS) is 22.3. The summed E-state index contributed by atoms with van der Waals surface area (Å²) in [6, 6.07) is 9.23. The first kappa shape index (κ1) is 23.3. The lowest BCUT2D eigenvalue weighted by Crippen LogP contribution is -2.58. The lowest BCUT2D eigenvalue weighted by Gasteiger charge is -2.40. The number of hydrogen-bond donors (Lipinski definition) is 2. The van der Waals surface area contributed by atoms with Crippen LogP contribution in [0.15, 0.2) is 36.5 Å². The summed E-state index contributed by atoms with van der Waals surface area (Å²) in [5.41, 5.74) is -1.89. The second-order valence-corrected chi connectivity index (χ2v) is 8.97. The number of halogens is 3. The molecule has 1 fully saturated rings. The molecule has 0 radical (unpaired) electrons. The predicted octanol–water partition coefficient (Wildman–Crippen LogP) is 3.37. The van der Waals surface area contributed by atoms with Crippen LogP contribution in [0.3, 0.4) is 0 Å². The van der Waals surface area contributed by atoms with Gasteiger partial charge in [0.1, 0.15) is 0 Å². The maximum atomic E-state index is 13.1. The Kier molecular flexibility index (Phi) is 5.96. The van der Waals surface area contributed by atoms with Gasteiger partial charge in [-0.3, -0.25) is 4.79 Å². The van der Waals surface area contributed by atoms with E-state index in [1.54, 1.807) is 24.7 Å². The molecule has 2 N–H and O–H groups in total. The molecule has 3 rings (SSSR count). The quantitative estimate of drug-likeness (QED) is 0.766. The number of benzene rings is 1. The number of alkyl halides is 3. The first-order valence-corrected chi connectivity index (χ1v) is 10.2. The van der Waals surface area contributed by atoms with Crippen LogP contribution in [0, 0.1) is 5.92 Å². The number of nitrogens with zero attached hydrogens (tertiary/aromatic N) is 3. The number of amides is 1. The van der Waals surface area contributed by atoms with Gasteiger partial charge in [-0.05, 0) is 56.9 Å². The first-order valence-electron chi connectivity index (χ1n) is 10.2. The average Bonchev–Trinajstić information content (AvgIpc) is 3.15. The monoisotopic (exact) mass is 439 g/mol. The Bertz CT molecular complexity index is 930. The maximum absolute atomic E-state index is 13.1. The molecule has 1 aromatic heterocycles. The van der Waals surface area contributed by atoms with Gasteiger partial charge in [0, 0.05) is 30.9 Å². The highest BCUT2D eigenvalue weighted by Crippen LogP contribution is 2.37. The van der Waals surface area contributed by atoms with Gasteiger partial charge in [-0.25, -0.2) is 4.68 Å². The van der Waals surface area contributed by atoms with Gasteiger partial charge in [0.05, 0.1) is 11.3 Å². The van der Waals surface area contributed by atoms with E-state index in [2.05, 4.69) is 5.10 Å². The van der Waals surface area contributed by atoms with Gasteiger partial charge < -0.3 is 15.1 Å². The van der Waals surface area contributed by atoms with Crippen LogP contribution >= 0.6 is 0 Å². The molecule has 1 saturated heterocycles. The van der Waals surface area contributed by atoms with E-state index in [0.29, 0.717) is 13.3 Å². The van der Waals surface area contributed by atoms with Crippen LogP contribution in [0.25, 0.3) is 5.69 Å². The summed E-state index contributed by atoms with van der Waals surface area (Å²) in [6.07, 6.45) is -2.91. The van der Waals surface area contributed by atoms with Crippen LogP contribution in [-0.2, 0) is 10.4 Å². The zero-order chi connectivity index (χ0) is 23.2. The van der Waals surface area contributed by atoms with E-state index < -0.39 is 23.3 Å². The fourth-order valence-corrected chi connectivity index (χ4v) is 4.02. The molecule has 1 amide bonds. The second-order valence-electron chi connectivity index (χ2n) is 8.97. The molecule has 3 atom stereocenters. The minimum Gasteiger partial charge on any atom is -0.386 e. The van der Waals surface area contributed by atoms with Crippen LogP contribution in [0.5, 0.6) is 0 Å². The van der Waals surface area contributed by atoms with Gasteiger partial charge in [0.15, 0.2) is 0 Å². The number of likely N-dealkylation sites (tertiary alicyclic amines) is 1. The Balaban J connectivity index is 1.79. The molecule has 2 heterocycles. The molecule has 2 aromatic rings. The summed E-state index contributed by atoms with van der Waals surface area (Å²) in [6.45, 7) is 6.00. The van der Waals surface area contributed by atoms with Crippen molar-refractivity contribution in [3.8, 4) is 5.69 Å². The molecule has 1 aromatic carbocycles. The lowest BCUT2D eigenvalue weighted by atomic mass is 9.83. The van der Waals surface area contributed by atoms with Crippen molar-refractivity contribution in [3.05, 3.63) is 47.8 Å². The van der Waals surface area contributed by atoms with Crippen LogP contribution in [-0.4, -0.2) is 55.7 Å². The standard InChI is InChI=1S/C22H28F3N3O3/c1-14-13-27(19(29)21(4,31)22(23,24)25)12-10-17(14)18-9-11-26-28(18)16-7-5-15(6-8-16)20(2,3)30/h5-9,11,14,17,30-31H,10,12-13H2,1-4H3. The first-order chi connectivity index (χ1) is 14.2. The summed E-state index contributed by atoms with van der Waals surface area (Å²) in [5.74, 6) is -1.47. The van der Waals surface area contributed by atoms with Gasteiger partial charge in [-0.15, -0.1) is 0 Å². The summed E-state index contributed by atoms with van der Waals surface area (Å²) in [5, 5.41) is 24.3. The summed E-state index contributed by atoms with van der Waals surface area (Å²) in [4.78, 5) is 13.4. The molecule has 6 nitrogen and oxygen atoms in total. The minimum absolute atomic E-state index is 0.0173. The SMILES string of the molecule is CC1CN(C(=O)C(C)(O)C(F)(F)F)CCC1c1ccnn1-c1ccc(C(C)(C)O)cc1. The molecular weight excluding hydrogens is 411 g/mol. The van der Waals surface area contributed by atoms with Gasteiger partial charge in [0.2, 0.25) is 5.60 Å². The molecule has 0 aliphatic carbocycles. The smallest absolute Gasteiger partial charge is 0.386 e. The summed E-state index contributed by atoms with van der Waals surface area (Å²) in [7, 11) is 0. The molecule has 0 bridgehead atoms. The summed E-state index contributed by atoms with van der Waals surface area (Å²) < 4.78 is 40.9. The molecule has 0 saturated carbocycles. The largest absolute Gasteiger partial charge is 0.426 e. The van der Waals surface area contributed by atoms with Crippen LogP contribution in [0.1, 0.15) is 51.3 Å². The van der Waals surface area contributed by atoms with Crippen molar-refractivity contribution in [2.24, 2.45) is 5.92 Å². The van der Waals surface area contributed by atoms with E-state index in [4.69, 9.17) is 0 Å². The second kappa shape index (κ2) is 7.94. The topological polar surface area (TPSA) is 78.6 Å². The number of rotatable bonds is 4. The van der Waals surface area contributed by atoms with Crippen LogP contribution < -0.4 is 0 Å². The van der Waals surface area contributed by atoms with Gasteiger partial charge in [0.25, 0.3) is 5.91 Å². The van der Waals surface area contributed by atoms with Crippen LogP contribution in [0.4, 0.5) is 13.2 Å². The Labute approximate surface area is 179 Å². The zero-order valence-electron chi connectivity index (χ0n) is 18.0. The number of hydrogen-bond acceptors (Lipinski definition) is 4. The average molecular weight is 439 g/mol. The van der Waals surface area contributed by atoms with E-state index in [1.807, 2.05) is 37.3 Å². The molecular formula is C22H28F3N3O3. The van der Waals surface area contributed by atoms with Gasteiger partial charge in [-0.1, -0.05) is 19.1 Å². The third kappa shape index (κ3) is 4.48. The number of aromatic nitrogens is 2. The number of carbonyl (C=O) groups excluding carboxylic acids is 1. The predicted molar refractivity (Wildman–Crippen MR) is 109 cm³/mol. The fourth-order valence-electron chi connectivity index (χ4n) is 4.02. The Morgan fingerprint density at radius 3 is 2.23 bits per heavy atom. The lowest BCUT2D eigenvalue weighted by molar-refractivity contribution is -0.250. The summed E-state index contributed by atoms with van der Waals surface area (Å²) >= 11 is 0. The Morgan fingerprint density at radius 2 is 1.71 bits per heavy atom. The molecule has 3 unspecified atom stereocenters. The Morgan fingerprint density at radius 1 is 1.10 bits per heavy atom.